The lowest BCUT2D eigenvalue weighted by Crippen LogP contribution is -2.70. The quantitative estimate of drug-likeness (QED) is 0.890. The number of halogens is 1. The maximum atomic E-state index is 13.7. The van der Waals surface area contributed by atoms with Crippen LogP contribution in [0.4, 0.5) is 10.1 Å². The first-order chi connectivity index (χ1) is 9.73. The van der Waals surface area contributed by atoms with E-state index in [1.54, 1.807) is 12.1 Å². The lowest BCUT2D eigenvalue weighted by molar-refractivity contribution is 0.0290. The number of hydrogen-bond acceptors (Lipinski definition) is 3. The molecule has 0 aliphatic carbocycles. The van der Waals surface area contributed by atoms with Crippen molar-refractivity contribution < 1.29 is 4.39 Å². The summed E-state index contributed by atoms with van der Waals surface area (Å²) >= 11 is 0. The zero-order valence-electron chi connectivity index (χ0n) is 11.8. The minimum absolute atomic E-state index is 0.0234. The summed E-state index contributed by atoms with van der Waals surface area (Å²) in [6.07, 6.45) is 3.49. The molecule has 20 heavy (non-hydrogen) atoms. The standard InChI is InChI=1S/C16H22FN3/c17-14-2-1-12-3-8-20(15(12)9-14)16(10-18)11-19-6-4-13(16)5-7-19/h1-2,9,13H,3-8,10-11,18H2. The van der Waals surface area contributed by atoms with E-state index in [0.717, 1.165) is 25.2 Å². The van der Waals surface area contributed by atoms with Crippen LogP contribution in [0.25, 0.3) is 0 Å². The molecule has 4 heterocycles. The molecule has 4 heteroatoms. The Morgan fingerprint density at radius 2 is 2.05 bits per heavy atom. The van der Waals surface area contributed by atoms with E-state index in [1.165, 1.54) is 31.5 Å². The predicted molar refractivity (Wildman–Crippen MR) is 78.4 cm³/mol. The summed E-state index contributed by atoms with van der Waals surface area (Å²) in [5.74, 6) is 0.524. The van der Waals surface area contributed by atoms with Crippen LogP contribution in [0.5, 0.6) is 0 Å². The van der Waals surface area contributed by atoms with E-state index in [2.05, 4.69) is 9.80 Å². The second-order valence-electron chi connectivity index (χ2n) is 6.53. The van der Waals surface area contributed by atoms with Crippen LogP contribution in [0.15, 0.2) is 18.2 Å². The Hall–Kier alpha value is -1.13. The van der Waals surface area contributed by atoms with Gasteiger partial charge >= 0.3 is 0 Å². The number of hydrogen-bond donors (Lipinski definition) is 1. The molecule has 0 amide bonds. The molecular weight excluding hydrogens is 253 g/mol. The number of nitrogens with two attached hydrogens (primary N) is 1. The summed E-state index contributed by atoms with van der Waals surface area (Å²) in [4.78, 5) is 4.96. The number of piperidine rings is 3. The Labute approximate surface area is 119 Å². The molecule has 3 saturated heterocycles. The first-order valence-electron chi connectivity index (χ1n) is 7.71. The fraction of sp³-hybridized carbons (Fsp3) is 0.625. The van der Waals surface area contributed by atoms with Gasteiger partial charge in [-0.15, -0.1) is 0 Å². The predicted octanol–water partition coefficient (Wildman–Crippen LogP) is 1.61. The zero-order chi connectivity index (χ0) is 13.7. The van der Waals surface area contributed by atoms with Crippen LogP contribution in [0.3, 0.4) is 0 Å². The molecule has 4 aliphatic heterocycles. The largest absolute Gasteiger partial charge is 0.362 e. The van der Waals surface area contributed by atoms with Crippen LogP contribution >= 0.6 is 0 Å². The molecular formula is C16H22FN3. The number of nitrogens with zero attached hydrogens (tertiary/aromatic N) is 2. The molecule has 1 aromatic carbocycles. The van der Waals surface area contributed by atoms with Crippen molar-refractivity contribution in [1.29, 1.82) is 0 Å². The summed E-state index contributed by atoms with van der Waals surface area (Å²) in [5.41, 5.74) is 8.62. The molecule has 0 aromatic heterocycles. The van der Waals surface area contributed by atoms with Crippen LogP contribution in [0.1, 0.15) is 18.4 Å². The first-order valence-corrected chi connectivity index (χ1v) is 7.71. The molecule has 1 aromatic rings. The van der Waals surface area contributed by atoms with Crippen molar-refractivity contribution in [2.45, 2.75) is 24.8 Å². The molecule has 3 fully saturated rings. The average Bonchev–Trinajstić information content (AvgIpc) is 2.91. The van der Waals surface area contributed by atoms with E-state index in [0.29, 0.717) is 12.5 Å². The third kappa shape index (κ3) is 1.64. The Kier molecular flexibility index (Phi) is 2.79. The lowest BCUT2D eigenvalue weighted by Gasteiger charge is -2.57. The van der Waals surface area contributed by atoms with Gasteiger partial charge in [0.25, 0.3) is 0 Å². The molecule has 108 valence electrons. The second kappa shape index (κ2) is 4.43. The summed E-state index contributed by atoms with van der Waals surface area (Å²) in [6, 6.07) is 5.22. The number of rotatable bonds is 2. The summed E-state index contributed by atoms with van der Waals surface area (Å²) in [5, 5.41) is 0. The molecule has 5 rings (SSSR count). The van der Waals surface area contributed by atoms with Gasteiger partial charge in [-0.3, -0.25) is 0 Å². The summed E-state index contributed by atoms with van der Waals surface area (Å²) in [7, 11) is 0. The SMILES string of the molecule is NCC1(N2CCc3ccc(F)cc32)CN2CCC1CC2. The molecule has 1 unspecified atom stereocenters. The van der Waals surface area contributed by atoms with Gasteiger partial charge in [0.1, 0.15) is 5.82 Å². The highest BCUT2D eigenvalue weighted by atomic mass is 19.1. The van der Waals surface area contributed by atoms with Crippen molar-refractivity contribution in [2.75, 3.05) is 37.6 Å². The fourth-order valence-electron chi connectivity index (χ4n) is 4.61. The summed E-state index contributed by atoms with van der Waals surface area (Å²) in [6.45, 7) is 5.11. The van der Waals surface area contributed by atoms with Gasteiger partial charge < -0.3 is 15.5 Å². The zero-order valence-corrected chi connectivity index (χ0v) is 11.8. The topological polar surface area (TPSA) is 32.5 Å². The van der Waals surface area contributed by atoms with Crippen molar-refractivity contribution >= 4 is 5.69 Å². The monoisotopic (exact) mass is 275 g/mol. The van der Waals surface area contributed by atoms with Gasteiger partial charge in [-0.05, 0) is 56.0 Å². The highest BCUT2D eigenvalue weighted by molar-refractivity contribution is 5.61. The van der Waals surface area contributed by atoms with Gasteiger partial charge in [-0.25, -0.2) is 4.39 Å². The minimum Gasteiger partial charge on any atom is -0.362 e. The Bertz CT molecular complexity index is 524. The van der Waals surface area contributed by atoms with Gasteiger partial charge in [0.2, 0.25) is 0 Å². The van der Waals surface area contributed by atoms with Crippen molar-refractivity contribution in [3.05, 3.63) is 29.6 Å². The van der Waals surface area contributed by atoms with E-state index in [-0.39, 0.29) is 11.4 Å². The number of anilines is 1. The molecule has 0 saturated carbocycles. The second-order valence-corrected chi connectivity index (χ2v) is 6.53. The molecule has 2 bridgehead atoms. The van der Waals surface area contributed by atoms with Gasteiger partial charge in [0.15, 0.2) is 0 Å². The van der Waals surface area contributed by atoms with E-state index in [9.17, 15) is 4.39 Å². The minimum atomic E-state index is -0.135. The van der Waals surface area contributed by atoms with E-state index < -0.39 is 0 Å². The highest BCUT2D eigenvalue weighted by Crippen LogP contribution is 2.44. The first kappa shape index (κ1) is 12.6. The Morgan fingerprint density at radius 3 is 2.70 bits per heavy atom. The Balaban J connectivity index is 1.75. The van der Waals surface area contributed by atoms with Crippen LogP contribution in [0, 0.1) is 11.7 Å². The van der Waals surface area contributed by atoms with Crippen LogP contribution in [-0.2, 0) is 6.42 Å². The van der Waals surface area contributed by atoms with Crippen LogP contribution in [-0.4, -0.2) is 43.2 Å². The smallest absolute Gasteiger partial charge is 0.125 e. The highest BCUT2D eigenvalue weighted by Gasteiger charge is 2.50. The fourth-order valence-corrected chi connectivity index (χ4v) is 4.61. The molecule has 3 nitrogen and oxygen atoms in total. The van der Waals surface area contributed by atoms with Crippen molar-refractivity contribution in [3.8, 4) is 0 Å². The number of fused-ring (bicyclic) bond motifs is 4. The Morgan fingerprint density at radius 1 is 1.25 bits per heavy atom. The summed E-state index contributed by atoms with van der Waals surface area (Å²) < 4.78 is 13.7. The molecule has 0 radical (unpaired) electrons. The van der Waals surface area contributed by atoms with Crippen molar-refractivity contribution in [2.24, 2.45) is 11.7 Å². The lowest BCUT2D eigenvalue weighted by atomic mass is 9.71. The molecule has 4 aliphatic rings. The van der Waals surface area contributed by atoms with Crippen LogP contribution in [0.2, 0.25) is 0 Å². The maximum absolute atomic E-state index is 13.7. The van der Waals surface area contributed by atoms with Crippen molar-refractivity contribution in [1.82, 2.24) is 4.90 Å². The van der Waals surface area contributed by atoms with Gasteiger partial charge in [-0.2, -0.15) is 0 Å². The van der Waals surface area contributed by atoms with Gasteiger partial charge in [0, 0.05) is 25.3 Å². The van der Waals surface area contributed by atoms with E-state index in [1.807, 2.05) is 6.07 Å². The van der Waals surface area contributed by atoms with Gasteiger partial charge in [0.05, 0.1) is 5.54 Å². The maximum Gasteiger partial charge on any atom is 0.125 e. The third-order valence-electron chi connectivity index (χ3n) is 5.68. The average molecular weight is 275 g/mol. The van der Waals surface area contributed by atoms with E-state index >= 15 is 0 Å². The van der Waals surface area contributed by atoms with Gasteiger partial charge in [-0.1, -0.05) is 6.07 Å². The molecule has 0 spiro atoms. The van der Waals surface area contributed by atoms with E-state index in [4.69, 9.17) is 5.73 Å². The molecule has 2 N–H and O–H groups in total. The third-order valence-corrected chi connectivity index (χ3v) is 5.68. The van der Waals surface area contributed by atoms with Crippen molar-refractivity contribution in [3.63, 3.8) is 0 Å². The number of benzene rings is 1. The van der Waals surface area contributed by atoms with Crippen LogP contribution < -0.4 is 10.6 Å². The molecule has 1 atom stereocenters. The normalized spacial score (nSPS) is 35.4.